The molecule has 1 heterocycles. The van der Waals surface area contributed by atoms with E-state index in [0.29, 0.717) is 10.8 Å². The van der Waals surface area contributed by atoms with Crippen molar-refractivity contribution in [1.29, 1.82) is 0 Å². The molecule has 0 aliphatic carbocycles. The van der Waals surface area contributed by atoms with Crippen molar-refractivity contribution in [2.45, 2.75) is 39.4 Å². The molecule has 0 unspecified atom stereocenters. The molecule has 0 atom stereocenters. The summed E-state index contributed by atoms with van der Waals surface area (Å²) >= 11 is 3.14. The molecule has 96 valence electrons. The van der Waals surface area contributed by atoms with Crippen LogP contribution in [0.4, 0.5) is 0 Å². The minimum atomic E-state index is -0.843. The summed E-state index contributed by atoms with van der Waals surface area (Å²) in [5.74, 6) is 1.52. The first kappa shape index (κ1) is 14.5. The average molecular weight is 273 g/mol. The monoisotopic (exact) mass is 273 g/mol. The number of thiazole rings is 1. The minimum absolute atomic E-state index is 0.422. The van der Waals surface area contributed by atoms with Crippen molar-refractivity contribution in [3.8, 4) is 0 Å². The van der Waals surface area contributed by atoms with Crippen LogP contribution < -0.4 is 0 Å². The lowest BCUT2D eigenvalue weighted by molar-refractivity contribution is 0.0700. The van der Waals surface area contributed by atoms with Crippen LogP contribution >= 0.6 is 23.1 Å². The number of carboxylic acid groups (broad SMARTS) is 1. The number of carboxylic acids is 1. The first-order chi connectivity index (χ1) is 8.04. The van der Waals surface area contributed by atoms with Gasteiger partial charge in [0.2, 0.25) is 0 Å². The fourth-order valence-corrected chi connectivity index (χ4v) is 3.34. The van der Waals surface area contributed by atoms with Crippen molar-refractivity contribution >= 4 is 29.1 Å². The molecule has 1 N–H and O–H groups in total. The molecule has 0 spiro atoms. The normalized spacial score (nSPS) is 11.1. The largest absolute Gasteiger partial charge is 0.477 e. The van der Waals surface area contributed by atoms with Gasteiger partial charge < -0.3 is 5.11 Å². The van der Waals surface area contributed by atoms with Crippen molar-refractivity contribution in [2.24, 2.45) is 5.92 Å². The van der Waals surface area contributed by atoms with Gasteiger partial charge >= 0.3 is 5.97 Å². The highest BCUT2D eigenvalue weighted by Gasteiger charge is 2.17. The van der Waals surface area contributed by atoms with E-state index in [2.05, 4.69) is 25.8 Å². The van der Waals surface area contributed by atoms with E-state index in [1.54, 1.807) is 0 Å². The van der Waals surface area contributed by atoms with Gasteiger partial charge in [-0.15, -0.1) is 11.3 Å². The fourth-order valence-electron chi connectivity index (χ4n) is 1.46. The lowest BCUT2D eigenvalue weighted by atomic mass is 10.1. The van der Waals surface area contributed by atoms with E-state index < -0.39 is 5.97 Å². The van der Waals surface area contributed by atoms with Crippen LogP contribution in [0.15, 0.2) is 0 Å². The van der Waals surface area contributed by atoms with Crippen molar-refractivity contribution < 1.29 is 9.90 Å². The van der Waals surface area contributed by atoms with Crippen molar-refractivity contribution in [3.05, 3.63) is 15.6 Å². The first-order valence-corrected chi connectivity index (χ1v) is 7.81. The highest BCUT2D eigenvalue weighted by molar-refractivity contribution is 7.98. The average Bonchev–Trinajstić information content (AvgIpc) is 2.60. The molecule has 0 radical (unpaired) electrons. The summed E-state index contributed by atoms with van der Waals surface area (Å²) in [6, 6.07) is 0. The van der Waals surface area contributed by atoms with Crippen molar-refractivity contribution in [3.63, 3.8) is 0 Å². The Bertz CT molecular complexity index is 375. The zero-order valence-corrected chi connectivity index (χ0v) is 12.2. The summed E-state index contributed by atoms with van der Waals surface area (Å²) in [7, 11) is 0. The van der Waals surface area contributed by atoms with E-state index in [4.69, 9.17) is 5.11 Å². The van der Waals surface area contributed by atoms with Crippen LogP contribution in [-0.2, 0) is 12.2 Å². The number of nitrogens with zero attached hydrogens (tertiary/aromatic N) is 1. The van der Waals surface area contributed by atoms with E-state index in [-0.39, 0.29) is 0 Å². The number of carbonyl (C=O) groups is 1. The summed E-state index contributed by atoms with van der Waals surface area (Å²) < 4.78 is 0. The van der Waals surface area contributed by atoms with Crippen LogP contribution in [0.5, 0.6) is 0 Å². The van der Waals surface area contributed by atoms with Crippen LogP contribution in [0.2, 0.25) is 0 Å². The zero-order valence-electron chi connectivity index (χ0n) is 10.5. The van der Waals surface area contributed by atoms with E-state index >= 15 is 0 Å². The molecule has 17 heavy (non-hydrogen) atoms. The lowest BCUT2D eigenvalue weighted by Crippen LogP contribution is -2.02. The predicted octanol–water partition coefficient (Wildman–Crippen LogP) is 3.68. The molecule has 0 aliphatic heterocycles. The highest BCUT2D eigenvalue weighted by atomic mass is 32.2. The topological polar surface area (TPSA) is 50.2 Å². The van der Waals surface area contributed by atoms with Crippen LogP contribution in [0, 0.1) is 5.92 Å². The van der Waals surface area contributed by atoms with Crippen molar-refractivity contribution in [1.82, 2.24) is 4.98 Å². The van der Waals surface area contributed by atoms with Gasteiger partial charge in [-0.3, -0.25) is 0 Å². The summed E-state index contributed by atoms with van der Waals surface area (Å²) in [6.07, 6.45) is 1.89. The van der Waals surface area contributed by atoms with Gasteiger partial charge in [0.25, 0.3) is 0 Å². The fraction of sp³-hybridized carbons (Fsp3) is 0.667. The molecule has 0 saturated heterocycles. The second-order valence-electron chi connectivity index (χ2n) is 4.34. The first-order valence-electron chi connectivity index (χ1n) is 5.84. The van der Waals surface area contributed by atoms with Gasteiger partial charge in [0.15, 0.2) is 0 Å². The minimum Gasteiger partial charge on any atom is -0.477 e. The third-order valence-electron chi connectivity index (χ3n) is 2.11. The van der Waals surface area contributed by atoms with Crippen molar-refractivity contribution in [2.75, 3.05) is 5.75 Å². The summed E-state index contributed by atoms with van der Waals surface area (Å²) in [6.45, 7) is 6.30. The SMILES string of the molecule is CCCSCc1nc(CC(C)C)c(C(=O)O)s1. The third kappa shape index (κ3) is 4.68. The summed E-state index contributed by atoms with van der Waals surface area (Å²) in [4.78, 5) is 16.0. The van der Waals surface area contributed by atoms with E-state index in [9.17, 15) is 4.79 Å². The van der Waals surface area contributed by atoms with Gasteiger partial charge in [-0.2, -0.15) is 11.8 Å². The predicted molar refractivity (Wildman–Crippen MR) is 74.1 cm³/mol. The summed E-state index contributed by atoms with van der Waals surface area (Å²) in [5, 5.41) is 10.1. The maximum Gasteiger partial charge on any atom is 0.347 e. The van der Waals surface area contributed by atoms with Crippen LogP contribution in [0.25, 0.3) is 0 Å². The second-order valence-corrected chi connectivity index (χ2v) is 6.53. The van der Waals surface area contributed by atoms with E-state index in [1.165, 1.54) is 11.3 Å². The smallest absolute Gasteiger partial charge is 0.347 e. The Hall–Kier alpha value is -0.550. The molecule has 0 fully saturated rings. The van der Waals surface area contributed by atoms with Gasteiger partial charge in [0, 0.05) is 5.75 Å². The Morgan fingerprint density at radius 3 is 2.76 bits per heavy atom. The highest BCUT2D eigenvalue weighted by Crippen LogP contribution is 2.24. The molecule has 5 heteroatoms. The third-order valence-corrected chi connectivity index (χ3v) is 4.55. The van der Waals surface area contributed by atoms with Gasteiger partial charge in [-0.1, -0.05) is 20.8 Å². The van der Waals surface area contributed by atoms with E-state index in [0.717, 1.165) is 35.0 Å². The molecule has 3 nitrogen and oxygen atoms in total. The van der Waals surface area contributed by atoms with Crippen LogP contribution in [0.1, 0.15) is 47.6 Å². The molecular weight excluding hydrogens is 254 g/mol. The van der Waals surface area contributed by atoms with Gasteiger partial charge in [0.05, 0.1) is 5.69 Å². The molecule has 0 aliphatic rings. The number of thioether (sulfide) groups is 1. The molecule has 0 bridgehead atoms. The molecule has 1 rings (SSSR count). The van der Waals surface area contributed by atoms with Gasteiger partial charge in [-0.05, 0) is 24.5 Å². The number of aromatic carboxylic acids is 1. The van der Waals surface area contributed by atoms with Gasteiger partial charge in [-0.25, -0.2) is 9.78 Å². The zero-order chi connectivity index (χ0) is 12.8. The molecule has 1 aromatic heterocycles. The number of rotatable bonds is 7. The number of hydrogen-bond acceptors (Lipinski definition) is 4. The van der Waals surface area contributed by atoms with E-state index in [1.807, 2.05) is 11.8 Å². The Morgan fingerprint density at radius 2 is 2.24 bits per heavy atom. The number of aromatic nitrogens is 1. The molecule has 0 amide bonds. The Morgan fingerprint density at radius 1 is 1.53 bits per heavy atom. The lowest BCUT2D eigenvalue weighted by Gasteiger charge is -2.01. The van der Waals surface area contributed by atoms with Crippen LogP contribution in [-0.4, -0.2) is 21.8 Å². The summed E-state index contributed by atoms with van der Waals surface area (Å²) in [5.41, 5.74) is 0.754. The standard InChI is InChI=1S/C12H19NO2S2/c1-4-5-16-7-10-13-9(6-8(2)3)11(17-10)12(14)15/h8H,4-7H2,1-3H3,(H,14,15). The Labute approximate surface area is 111 Å². The van der Waals surface area contributed by atoms with Crippen LogP contribution in [0.3, 0.4) is 0 Å². The quantitative estimate of drug-likeness (QED) is 0.770. The Balaban J connectivity index is 2.76. The van der Waals surface area contributed by atoms with Gasteiger partial charge in [0.1, 0.15) is 9.88 Å². The maximum absolute atomic E-state index is 11.1. The Kier molecular flexibility index (Phi) is 5.98. The number of hydrogen-bond donors (Lipinski definition) is 1. The molecule has 0 aromatic carbocycles. The molecular formula is C12H19NO2S2. The molecule has 1 aromatic rings. The second kappa shape index (κ2) is 7.01. The molecule has 0 saturated carbocycles. The maximum atomic E-state index is 11.1.